The van der Waals surface area contributed by atoms with Gasteiger partial charge in [0.25, 0.3) is 0 Å². The second-order valence-corrected chi connectivity index (χ2v) is 4.51. The third kappa shape index (κ3) is 2.98. The van der Waals surface area contributed by atoms with Crippen LogP contribution >= 0.6 is 0 Å². The molecule has 0 spiro atoms. The van der Waals surface area contributed by atoms with Crippen LogP contribution in [0, 0.1) is 6.92 Å². The predicted octanol–water partition coefficient (Wildman–Crippen LogP) is 2.45. The zero-order chi connectivity index (χ0) is 11.6. The molecule has 2 N–H and O–H groups in total. The molecule has 0 fully saturated rings. The van der Waals surface area contributed by atoms with Crippen molar-refractivity contribution in [3.63, 3.8) is 0 Å². The largest absolute Gasteiger partial charge is 0.508 e. The monoisotopic (exact) mass is 208 g/mol. The maximum atomic E-state index is 10.7. The quantitative estimate of drug-likeness (QED) is 0.802. The van der Waals surface area contributed by atoms with Gasteiger partial charge in [-0.3, -0.25) is 4.79 Å². The molecule has 0 aliphatic carbocycles. The minimum atomic E-state index is -0.832. The smallest absolute Gasteiger partial charge is 0.304 e. The Bertz CT molecular complexity index is 360. The first-order chi connectivity index (χ1) is 6.81. The maximum Gasteiger partial charge on any atom is 0.304 e. The van der Waals surface area contributed by atoms with Crippen molar-refractivity contribution in [2.75, 3.05) is 0 Å². The molecular formula is C12H16O3. The highest BCUT2D eigenvalue weighted by atomic mass is 16.4. The zero-order valence-electron chi connectivity index (χ0n) is 9.24. The molecule has 0 radical (unpaired) electrons. The van der Waals surface area contributed by atoms with Gasteiger partial charge >= 0.3 is 5.97 Å². The van der Waals surface area contributed by atoms with Crippen molar-refractivity contribution in [1.29, 1.82) is 0 Å². The van der Waals surface area contributed by atoms with Gasteiger partial charge < -0.3 is 10.2 Å². The Kier molecular flexibility index (Phi) is 3.03. The number of benzene rings is 1. The Labute approximate surface area is 89.4 Å². The number of aliphatic carboxylic acids is 1. The van der Waals surface area contributed by atoms with Gasteiger partial charge in [0, 0.05) is 5.41 Å². The number of aromatic hydroxyl groups is 1. The van der Waals surface area contributed by atoms with Crippen LogP contribution < -0.4 is 0 Å². The average molecular weight is 208 g/mol. The SMILES string of the molecule is Cc1cc(O)cc(C(C)(C)CC(=O)O)c1. The van der Waals surface area contributed by atoms with E-state index in [1.807, 2.05) is 26.8 Å². The number of hydrogen-bond donors (Lipinski definition) is 2. The van der Waals surface area contributed by atoms with Crippen LogP contribution in [0.15, 0.2) is 18.2 Å². The molecule has 0 aliphatic rings. The summed E-state index contributed by atoms with van der Waals surface area (Å²) in [5.41, 5.74) is 1.32. The number of phenols is 1. The Hall–Kier alpha value is -1.51. The van der Waals surface area contributed by atoms with Crippen molar-refractivity contribution >= 4 is 5.97 Å². The van der Waals surface area contributed by atoms with Gasteiger partial charge in [-0.05, 0) is 30.2 Å². The first-order valence-corrected chi connectivity index (χ1v) is 4.84. The van der Waals surface area contributed by atoms with Crippen LogP contribution in [0.2, 0.25) is 0 Å². The van der Waals surface area contributed by atoms with Gasteiger partial charge in [-0.1, -0.05) is 19.9 Å². The number of carboxylic acid groups (broad SMARTS) is 1. The zero-order valence-corrected chi connectivity index (χ0v) is 9.24. The van der Waals surface area contributed by atoms with Gasteiger partial charge in [0.05, 0.1) is 6.42 Å². The van der Waals surface area contributed by atoms with Crippen LogP contribution in [0.1, 0.15) is 31.4 Å². The first-order valence-electron chi connectivity index (χ1n) is 4.84. The molecule has 1 aromatic carbocycles. The standard InChI is InChI=1S/C12H16O3/c1-8-4-9(6-10(13)5-8)12(2,3)7-11(14)15/h4-6,13H,7H2,1-3H3,(H,14,15). The summed E-state index contributed by atoms with van der Waals surface area (Å²) in [4.78, 5) is 10.7. The summed E-state index contributed by atoms with van der Waals surface area (Å²) < 4.78 is 0. The van der Waals surface area contributed by atoms with E-state index in [0.717, 1.165) is 11.1 Å². The van der Waals surface area contributed by atoms with Gasteiger partial charge in [0.2, 0.25) is 0 Å². The van der Waals surface area contributed by atoms with Crippen molar-refractivity contribution in [3.05, 3.63) is 29.3 Å². The third-order valence-corrected chi connectivity index (χ3v) is 2.44. The number of rotatable bonds is 3. The molecule has 1 aromatic rings. The summed E-state index contributed by atoms with van der Waals surface area (Å²) in [7, 11) is 0. The molecule has 1 rings (SSSR count). The molecule has 0 unspecified atom stereocenters. The lowest BCUT2D eigenvalue weighted by Crippen LogP contribution is -2.21. The number of carbonyl (C=O) groups is 1. The molecule has 3 heteroatoms. The maximum absolute atomic E-state index is 10.7. The molecular weight excluding hydrogens is 192 g/mol. The molecule has 0 amide bonds. The average Bonchev–Trinajstić information content (AvgIpc) is 1.99. The van der Waals surface area contributed by atoms with E-state index in [-0.39, 0.29) is 12.2 Å². The normalized spacial score (nSPS) is 11.4. The van der Waals surface area contributed by atoms with Crippen LogP contribution in [-0.4, -0.2) is 16.2 Å². The van der Waals surface area contributed by atoms with Gasteiger partial charge in [0.1, 0.15) is 5.75 Å². The van der Waals surface area contributed by atoms with Crippen molar-refractivity contribution in [2.45, 2.75) is 32.6 Å². The van der Waals surface area contributed by atoms with E-state index in [9.17, 15) is 9.90 Å². The van der Waals surface area contributed by atoms with E-state index in [1.165, 1.54) is 0 Å². The van der Waals surface area contributed by atoms with Crippen molar-refractivity contribution in [3.8, 4) is 5.75 Å². The minimum Gasteiger partial charge on any atom is -0.508 e. The molecule has 3 nitrogen and oxygen atoms in total. The van der Waals surface area contributed by atoms with Crippen molar-refractivity contribution in [2.24, 2.45) is 0 Å². The summed E-state index contributed by atoms with van der Waals surface area (Å²) in [6.07, 6.45) is 0.0515. The molecule has 0 heterocycles. The molecule has 0 aliphatic heterocycles. The van der Waals surface area contributed by atoms with Crippen LogP contribution in [0.5, 0.6) is 5.75 Å². The first kappa shape index (κ1) is 11.6. The van der Waals surface area contributed by atoms with E-state index in [1.54, 1.807) is 12.1 Å². The van der Waals surface area contributed by atoms with Crippen LogP contribution in [-0.2, 0) is 10.2 Å². The Morgan fingerprint density at radius 2 is 1.93 bits per heavy atom. The molecule has 82 valence electrons. The topological polar surface area (TPSA) is 57.5 Å². The van der Waals surface area contributed by atoms with Gasteiger partial charge in [0.15, 0.2) is 0 Å². The van der Waals surface area contributed by atoms with Gasteiger partial charge in [-0.2, -0.15) is 0 Å². The summed E-state index contributed by atoms with van der Waals surface area (Å²) in [5, 5.41) is 18.2. The predicted molar refractivity (Wildman–Crippen MR) is 58.1 cm³/mol. The molecule has 0 aromatic heterocycles. The highest BCUT2D eigenvalue weighted by molar-refractivity contribution is 5.69. The van der Waals surface area contributed by atoms with E-state index in [0.29, 0.717) is 0 Å². The number of carboxylic acids is 1. The molecule has 0 bridgehead atoms. The highest BCUT2D eigenvalue weighted by Crippen LogP contribution is 2.30. The van der Waals surface area contributed by atoms with Crippen LogP contribution in [0.25, 0.3) is 0 Å². The summed E-state index contributed by atoms with van der Waals surface area (Å²) in [6, 6.07) is 5.18. The molecule has 0 saturated carbocycles. The lowest BCUT2D eigenvalue weighted by molar-refractivity contribution is -0.138. The summed E-state index contributed by atoms with van der Waals surface area (Å²) in [6.45, 7) is 5.59. The van der Waals surface area contributed by atoms with E-state index in [4.69, 9.17) is 5.11 Å². The molecule has 0 atom stereocenters. The van der Waals surface area contributed by atoms with Gasteiger partial charge in [-0.15, -0.1) is 0 Å². The van der Waals surface area contributed by atoms with Crippen molar-refractivity contribution < 1.29 is 15.0 Å². The van der Waals surface area contributed by atoms with Gasteiger partial charge in [-0.25, -0.2) is 0 Å². The summed E-state index contributed by atoms with van der Waals surface area (Å²) >= 11 is 0. The number of hydrogen-bond acceptors (Lipinski definition) is 2. The third-order valence-electron chi connectivity index (χ3n) is 2.44. The Morgan fingerprint density at radius 3 is 2.40 bits per heavy atom. The highest BCUT2D eigenvalue weighted by Gasteiger charge is 2.24. The minimum absolute atomic E-state index is 0.0515. The fourth-order valence-corrected chi connectivity index (χ4v) is 1.63. The van der Waals surface area contributed by atoms with Crippen LogP contribution in [0.4, 0.5) is 0 Å². The molecule has 0 saturated heterocycles. The van der Waals surface area contributed by atoms with E-state index < -0.39 is 11.4 Å². The van der Waals surface area contributed by atoms with E-state index in [2.05, 4.69) is 0 Å². The summed E-state index contributed by atoms with van der Waals surface area (Å²) in [5.74, 6) is -0.649. The fraction of sp³-hybridized carbons (Fsp3) is 0.417. The lowest BCUT2D eigenvalue weighted by atomic mass is 9.81. The lowest BCUT2D eigenvalue weighted by Gasteiger charge is -2.23. The number of phenolic OH excluding ortho intramolecular Hbond substituents is 1. The second-order valence-electron chi connectivity index (χ2n) is 4.51. The van der Waals surface area contributed by atoms with Crippen molar-refractivity contribution in [1.82, 2.24) is 0 Å². The Balaban J connectivity index is 3.08. The van der Waals surface area contributed by atoms with Crippen LogP contribution in [0.3, 0.4) is 0 Å². The number of aryl methyl sites for hydroxylation is 1. The second kappa shape index (κ2) is 3.93. The fourth-order valence-electron chi connectivity index (χ4n) is 1.63. The molecule has 15 heavy (non-hydrogen) atoms. The van der Waals surface area contributed by atoms with E-state index >= 15 is 0 Å². The Morgan fingerprint density at radius 1 is 1.33 bits per heavy atom.